The molecule has 0 bridgehead atoms. The van der Waals surface area contributed by atoms with Crippen LogP contribution in [0, 0.1) is 12.8 Å². The zero-order valence-corrected chi connectivity index (χ0v) is 16.1. The van der Waals surface area contributed by atoms with E-state index in [9.17, 15) is 14.4 Å². The van der Waals surface area contributed by atoms with Crippen LogP contribution in [0.1, 0.15) is 29.9 Å². The van der Waals surface area contributed by atoms with Gasteiger partial charge >= 0.3 is 12.0 Å². The lowest BCUT2D eigenvalue weighted by Gasteiger charge is -2.20. The number of benzene rings is 1. The van der Waals surface area contributed by atoms with Gasteiger partial charge in [0.15, 0.2) is 6.10 Å². The van der Waals surface area contributed by atoms with Gasteiger partial charge in [-0.2, -0.15) is 0 Å². The highest BCUT2D eigenvalue weighted by molar-refractivity contribution is 6.05. The second kappa shape index (κ2) is 8.09. The minimum absolute atomic E-state index is 0.158. The van der Waals surface area contributed by atoms with E-state index in [-0.39, 0.29) is 11.3 Å². The highest BCUT2D eigenvalue weighted by atomic mass is 16.5. The molecule has 0 aliphatic heterocycles. The van der Waals surface area contributed by atoms with E-state index in [1.807, 2.05) is 35.6 Å². The van der Waals surface area contributed by atoms with E-state index in [0.29, 0.717) is 16.8 Å². The summed E-state index contributed by atoms with van der Waals surface area (Å²) in [5.41, 5.74) is 7.05. The molecular weight excluding hydrogens is 376 g/mol. The van der Waals surface area contributed by atoms with Crippen LogP contribution < -0.4 is 11.1 Å². The number of primary amides is 1. The number of esters is 1. The maximum atomic E-state index is 13.0. The fraction of sp³-hybridized carbons (Fsp3) is 0.250. The minimum Gasteiger partial charge on any atom is -0.448 e. The molecule has 29 heavy (non-hydrogen) atoms. The van der Waals surface area contributed by atoms with E-state index < -0.39 is 29.9 Å². The number of nitrogens with one attached hydrogen (secondary N) is 1. The lowest BCUT2D eigenvalue weighted by atomic mass is 10.0. The van der Waals surface area contributed by atoms with Crippen molar-refractivity contribution in [1.29, 1.82) is 0 Å². The van der Waals surface area contributed by atoms with Crippen LogP contribution in [0.2, 0.25) is 0 Å². The van der Waals surface area contributed by atoms with Crippen molar-refractivity contribution in [2.45, 2.75) is 26.9 Å². The molecule has 150 valence electrons. The Balaban J connectivity index is 2.03. The number of aryl methyl sites for hydroxylation is 1. The molecule has 1 atom stereocenters. The van der Waals surface area contributed by atoms with Crippen molar-refractivity contribution in [1.82, 2.24) is 15.5 Å². The van der Waals surface area contributed by atoms with Gasteiger partial charge in [-0.15, -0.1) is 0 Å². The van der Waals surface area contributed by atoms with Crippen molar-refractivity contribution in [3.8, 4) is 11.3 Å². The summed E-state index contributed by atoms with van der Waals surface area (Å²) in [6.07, 6.45) is -1.21. The van der Waals surface area contributed by atoms with Crippen molar-refractivity contribution >= 4 is 29.0 Å². The molecule has 9 heteroatoms. The van der Waals surface area contributed by atoms with E-state index >= 15 is 0 Å². The third kappa shape index (κ3) is 4.23. The summed E-state index contributed by atoms with van der Waals surface area (Å²) in [4.78, 5) is 40.6. The van der Waals surface area contributed by atoms with E-state index in [0.717, 1.165) is 5.56 Å². The number of urea groups is 1. The molecule has 0 aliphatic rings. The number of imide groups is 1. The summed E-state index contributed by atoms with van der Waals surface area (Å²) in [5, 5.41) is 6.21. The van der Waals surface area contributed by atoms with Crippen molar-refractivity contribution < 1.29 is 23.6 Å². The number of nitrogens with zero attached hydrogens (tertiary/aromatic N) is 2. The van der Waals surface area contributed by atoms with Gasteiger partial charge in [-0.05, 0) is 18.9 Å². The summed E-state index contributed by atoms with van der Waals surface area (Å²) in [7, 11) is 0. The highest BCUT2D eigenvalue weighted by Gasteiger charge is 2.30. The number of hydrogen-bond acceptors (Lipinski definition) is 7. The maximum Gasteiger partial charge on any atom is 0.339 e. The fourth-order valence-electron chi connectivity index (χ4n) is 2.88. The topological polar surface area (TPSA) is 137 Å². The standard InChI is InChI=1S/C20H20N4O5/c1-10(2)16(17(25)23-20(21)27)28-19(26)13-9-14(12-7-5-4-6-8-12)22-18-15(13)11(3)24-29-18/h4-10,16H,1-3H3,(H3,21,23,25,27). The molecule has 3 N–H and O–H groups in total. The molecule has 9 nitrogen and oxygen atoms in total. The Kier molecular flexibility index (Phi) is 5.58. The highest BCUT2D eigenvalue weighted by Crippen LogP contribution is 2.28. The van der Waals surface area contributed by atoms with Crippen LogP contribution in [0.4, 0.5) is 4.79 Å². The van der Waals surface area contributed by atoms with Gasteiger partial charge in [0.05, 0.1) is 22.3 Å². The van der Waals surface area contributed by atoms with Gasteiger partial charge in [-0.1, -0.05) is 49.3 Å². The van der Waals surface area contributed by atoms with Gasteiger partial charge in [-0.25, -0.2) is 14.6 Å². The van der Waals surface area contributed by atoms with Crippen molar-refractivity contribution in [2.24, 2.45) is 11.7 Å². The zero-order valence-electron chi connectivity index (χ0n) is 16.1. The lowest BCUT2D eigenvalue weighted by Crippen LogP contribution is -2.45. The van der Waals surface area contributed by atoms with Crippen LogP contribution in [0.3, 0.4) is 0 Å². The summed E-state index contributed by atoms with van der Waals surface area (Å²) in [6, 6.07) is 9.76. The van der Waals surface area contributed by atoms with E-state index in [2.05, 4.69) is 10.1 Å². The Morgan fingerprint density at radius 1 is 1.17 bits per heavy atom. The Bertz CT molecular complexity index is 1080. The molecule has 1 aromatic carbocycles. The largest absolute Gasteiger partial charge is 0.448 e. The Morgan fingerprint density at radius 2 is 1.86 bits per heavy atom. The van der Waals surface area contributed by atoms with Crippen LogP contribution in [0.15, 0.2) is 40.9 Å². The van der Waals surface area contributed by atoms with Crippen LogP contribution >= 0.6 is 0 Å². The van der Waals surface area contributed by atoms with Gasteiger partial charge < -0.3 is 15.0 Å². The quantitative estimate of drug-likeness (QED) is 0.632. The van der Waals surface area contributed by atoms with Gasteiger partial charge in [0.1, 0.15) is 0 Å². The second-order valence-corrected chi connectivity index (χ2v) is 6.79. The second-order valence-electron chi connectivity index (χ2n) is 6.79. The molecule has 3 amide bonds. The molecule has 0 aliphatic carbocycles. The summed E-state index contributed by atoms with van der Waals surface area (Å²) < 4.78 is 10.7. The molecule has 0 radical (unpaired) electrons. The minimum atomic E-state index is -1.21. The molecule has 3 aromatic rings. The van der Waals surface area contributed by atoms with Crippen LogP contribution in [-0.4, -0.2) is 34.2 Å². The molecule has 0 saturated heterocycles. The Labute approximate surface area is 166 Å². The number of fused-ring (bicyclic) bond motifs is 1. The van der Waals surface area contributed by atoms with E-state index in [1.54, 1.807) is 26.8 Å². The van der Waals surface area contributed by atoms with E-state index in [4.69, 9.17) is 15.0 Å². The Hall–Kier alpha value is -3.75. The molecule has 3 rings (SSSR count). The summed E-state index contributed by atoms with van der Waals surface area (Å²) >= 11 is 0. The molecular formula is C20H20N4O5. The van der Waals surface area contributed by atoms with Crippen molar-refractivity contribution in [3.05, 3.63) is 47.7 Å². The van der Waals surface area contributed by atoms with E-state index in [1.165, 1.54) is 0 Å². The first-order valence-corrected chi connectivity index (χ1v) is 8.91. The molecule has 2 aromatic heterocycles. The summed E-state index contributed by atoms with van der Waals surface area (Å²) in [6.45, 7) is 5.04. The van der Waals surface area contributed by atoms with Crippen LogP contribution in [0.25, 0.3) is 22.4 Å². The molecule has 0 spiro atoms. The fourth-order valence-corrected chi connectivity index (χ4v) is 2.88. The van der Waals surface area contributed by atoms with Gasteiger partial charge in [0.2, 0.25) is 0 Å². The SMILES string of the molecule is Cc1noc2nc(-c3ccccc3)cc(C(=O)OC(C(=O)NC(N)=O)C(C)C)c12. The third-order valence-electron chi connectivity index (χ3n) is 4.25. The first-order chi connectivity index (χ1) is 13.8. The molecule has 2 heterocycles. The summed E-state index contributed by atoms with van der Waals surface area (Å²) in [5.74, 6) is -1.96. The number of carbonyl (C=O) groups is 3. The normalized spacial score (nSPS) is 12.0. The number of amides is 3. The van der Waals surface area contributed by atoms with Crippen molar-refractivity contribution in [2.75, 3.05) is 0 Å². The Morgan fingerprint density at radius 3 is 2.48 bits per heavy atom. The predicted molar refractivity (Wildman–Crippen MR) is 104 cm³/mol. The number of ether oxygens (including phenoxy) is 1. The van der Waals surface area contributed by atoms with Gasteiger partial charge in [0.25, 0.3) is 11.6 Å². The van der Waals surface area contributed by atoms with Gasteiger partial charge in [-0.3, -0.25) is 10.1 Å². The molecule has 0 fully saturated rings. The maximum absolute atomic E-state index is 13.0. The first kappa shape index (κ1) is 20.0. The number of rotatable bonds is 5. The van der Waals surface area contributed by atoms with Crippen molar-refractivity contribution in [3.63, 3.8) is 0 Å². The monoisotopic (exact) mass is 396 g/mol. The lowest BCUT2D eigenvalue weighted by molar-refractivity contribution is -0.130. The van der Waals surface area contributed by atoms with Crippen LogP contribution in [0.5, 0.6) is 0 Å². The van der Waals surface area contributed by atoms with Gasteiger partial charge in [0, 0.05) is 5.56 Å². The first-order valence-electron chi connectivity index (χ1n) is 8.91. The molecule has 0 saturated carbocycles. The predicted octanol–water partition coefficient (Wildman–Crippen LogP) is 2.57. The number of hydrogen-bond donors (Lipinski definition) is 2. The zero-order chi connectivity index (χ0) is 21.1. The smallest absolute Gasteiger partial charge is 0.339 e. The number of pyridine rings is 1. The third-order valence-corrected chi connectivity index (χ3v) is 4.25. The molecule has 1 unspecified atom stereocenters. The average Bonchev–Trinajstić information content (AvgIpc) is 3.06. The number of carbonyl (C=O) groups excluding carboxylic acids is 3. The average molecular weight is 396 g/mol. The van der Waals surface area contributed by atoms with Crippen LogP contribution in [-0.2, 0) is 9.53 Å². The number of nitrogens with two attached hydrogens (primary N) is 1. The number of aromatic nitrogens is 2.